The van der Waals surface area contributed by atoms with Gasteiger partial charge in [-0.2, -0.15) is 0 Å². The number of hydrogen-bond donors (Lipinski definition) is 2. The number of amides is 1. The van der Waals surface area contributed by atoms with E-state index >= 15 is 0 Å². The number of likely N-dealkylation sites (N-methyl/N-ethyl adjacent to an activating group) is 1. The Morgan fingerprint density at radius 1 is 1.32 bits per heavy atom. The van der Waals surface area contributed by atoms with Crippen molar-refractivity contribution in [3.8, 4) is 0 Å². The topological polar surface area (TPSA) is 78.9 Å². The Bertz CT molecular complexity index is 357. The highest BCUT2D eigenvalue weighted by atomic mass is 16.5. The molecule has 1 amide bonds. The van der Waals surface area contributed by atoms with Gasteiger partial charge < -0.3 is 15.2 Å². The van der Waals surface area contributed by atoms with Crippen molar-refractivity contribution < 1.29 is 19.4 Å². The molecule has 2 N–H and O–H groups in total. The number of carbonyl (C=O) groups is 2. The van der Waals surface area contributed by atoms with Crippen LogP contribution in [0.5, 0.6) is 0 Å². The summed E-state index contributed by atoms with van der Waals surface area (Å²) >= 11 is 0. The number of aliphatic carboxylic acids is 1. The van der Waals surface area contributed by atoms with Crippen LogP contribution in [0.25, 0.3) is 0 Å². The van der Waals surface area contributed by atoms with Gasteiger partial charge in [-0.3, -0.25) is 9.69 Å². The molecule has 1 heterocycles. The van der Waals surface area contributed by atoms with E-state index in [4.69, 9.17) is 9.84 Å². The summed E-state index contributed by atoms with van der Waals surface area (Å²) in [7, 11) is 2.07. The predicted octanol–water partition coefficient (Wildman–Crippen LogP) is 0.218. The molecule has 0 aromatic carbocycles. The highest BCUT2D eigenvalue weighted by molar-refractivity contribution is 5.82. The number of nitrogens with zero attached hydrogens (tertiary/aromatic N) is 1. The maximum Gasteiger partial charge on any atom is 0.332 e. The maximum atomic E-state index is 11.9. The van der Waals surface area contributed by atoms with E-state index in [1.807, 2.05) is 0 Å². The zero-order valence-corrected chi connectivity index (χ0v) is 11.5. The average molecular weight is 270 g/mol. The minimum Gasteiger partial charge on any atom is -0.479 e. The molecule has 1 saturated heterocycles. The van der Waals surface area contributed by atoms with E-state index in [1.54, 1.807) is 0 Å². The summed E-state index contributed by atoms with van der Waals surface area (Å²) in [6.45, 7) is 2.65. The number of carbonyl (C=O) groups excluding carboxylic acids is 1. The fraction of sp³-hybridized carbons (Fsp3) is 0.846. The maximum absolute atomic E-state index is 11.9. The third-order valence-electron chi connectivity index (χ3n) is 3.98. The Kier molecular flexibility index (Phi) is 4.42. The molecule has 0 spiro atoms. The lowest BCUT2D eigenvalue weighted by Gasteiger charge is -2.25. The van der Waals surface area contributed by atoms with Crippen LogP contribution in [0.15, 0.2) is 0 Å². The predicted molar refractivity (Wildman–Crippen MR) is 68.8 cm³/mol. The summed E-state index contributed by atoms with van der Waals surface area (Å²) in [5.41, 5.74) is 0. The van der Waals surface area contributed by atoms with Crippen molar-refractivity contribution in [2.45, 2.75) is 56.9 Å². The van der Waals surface area contributed by atoms with E-state index in [2.05, 4.69) is 24.2 Å². The molecule has 108 valence electrons. The van der Waals surface area contributed by atoms with Gasteiger partial charge in [0, 0.05) is 18.6 Å². The molecule has 6 heteroatoms. The summed E-state index contributed by atoms with van der Waals surface area (Å²) in [4.78, 5) is 24.9. The second-order valence-corrected chi connectivity index (χ2v) is 5.52. The number of hydrogen-bond acceptors (Lipinski definition) is 4. The molecular weight excluding hydrogens is 248 g/mol. The first-order valence-corrected chi connectivity index (χ1v) is 6.87. The molecule has 2 rings (SSSR count). The summed E-state index contributed by atoms with van der Waals surface area (Å²) in [6, 6.07) is 0.944. The van der Waals surface area contributed by atoms with Gasteiger partial charge in [0.05, 0.1) is 0 Å². The van der Waals surface area contributed by atoms with Crippen LogP contribution in [0.4, 0.5) is 0 Å². The Hall–Kier alpha value is -1.14. The van der Waals surface area contributed by atoms with E-state index < -0.39 is 18.2 Å². The third-order valence-corrected chi connectivity index (χ3v) is 3.98. The fourth-order valence-corrected chi connectivity index (χ4v) is 2.36. The third kappa shape index (κ3) is 3.67. The van der Waals surface area contributed by atoms with Crippen molar-refractivity contribution >= 4 is 11.9 Å². The van der Waals surface area contributed by atoms with Gasteiger partial charge in [0.25, 0.3) is 0 Å². The molecular formula is C13H22N2O4. The SMILES string of the molecule is CC(CNC(=O)[C@@H]1CC[C@H](C(=O)O)O1)N(C)C1CC1. The number of ether oxygens (including phenoxy) is 1. The lowest BCUT2D eigenvalue weighted by molar-refractivity contribution is -0.151. The van der Waals surface area contributed by atoms with Gasteiger partial charge in [-0.1, -0.05) is 0 Å². The lowest BCUT2D eigenvalue weighted by atomic mass is 10.2. The molecule has 1 unspecified atom stereocenters. The summed E-state index contributed by atoms with van der Waals surface area (Å²) in [6.07, 6.45) is 1.92. The first-order valence-electron chi connectivity index (χ1n) is 6.87. The van der Waals surface area contributed by atoms with Crippen molar-refractivity contribution in [1.29, 1.82) is 0 Å². The fourth-order valence-electron chi connectivity index (χ4n) is 2.36. The van der Waals surface area contributed by atoms with Crippen LogP contribution in [0.2, 0.25) is 0 Å². The number of carboxylic acids is 1. The highest BCUT2D eigenvalue weighted by Crippen LogP contribution is 2.26. The normalized spacial score (nSPS) is 28.4. The molecule has 2 aliphatic rings. The van der Waals surface area contributed by atoms with Crippen molar-refractivity contribution in [2.75, 3.05) is 13.6 Å². The first-order chi connectivity index (χ1) is 8.99. The van der Waals surface area contributed by atoms with Crippen LogP contribution in [-0.4, -0.2) is 59.8 Å². The number of nitrogens with one attached hydrogen (secondary N) is 1. The quantitative estimate of drug-likeness (QED) is 0.721. The molecule has 2 fully saturated rings. The van der Waals surface area contributed by atoms with Crippen LogP contribution >= 0.6 is 0 Å². The largest absolute Gasteiger partial charge is 0.479 e. The van der Waals surface area contributed by atoms with E-state index in [0.29, 0.717) is 25.4 Å². The van der Waals surface area contributed by atoms with Crippen LogP contribution in [0.3, 0.4) is 0 Å². The van der Waals surface area contributed by atoms with E-state index in [1.165, 1.54) is 12.8 Å². The van der Waals surface area contributed by atoms with Gasteiger partial charge in [-0.15, -0.1) is 0 Å². The first kappa shape index (κ1) is 14.3. The molecule has 1 aliphatic carbocycles. The highest BCUT2D eigenvalue weighted by Gasteiger charge is 2.35. The van der Waals surface area contributed by atoms with Crippen molar-refractivity contribution in [2.24, 2.45) is 0 Å². The molecule has 6 nitrogen and oxygen atoms in total. The van der Waals surface area contributed by atoms with Crippen LogP contribution < -0.4 is 5.32 Å². The summed E-state index contributed by atoms with van der Waals surface area (Å²) in [5, 5.41) is 11.7. The molecule has 0 aromatic rings. The molecule has 19 heavy (non-hydrogen) atoms. The monoisotopic (exact) mass is 270 g/mol. The van der Waals surface area contributed by atoms with Crippen LogP contribution in [0.1, 0.15) is 32.6 Å². The Morgan fingerprint density at radius 2 is 1.95 bits per heavy atom. The zero-order chi connectivity index (χ0) is 14.0. The standard InChI is InChI=1S/C13H22N2O4/c1-8(15(2)9-3-4-9)7-14-12(16)10-5-6-11(19-10)13(17)18/h8-11H,3-7H2,1-2H3,(H,14,16)(H,17,18)/t8?,10-,11+/m0/s1. The Labute approximate surface area is 113 Å². The molecule has 3 atom stereocenters. The van der Waals surface area contributed by atoms with Crippen molar-refractivity contribution in [3.05, 3.63) is 0 Å². The van der Waals surface area contributed by atoms with E-state index in [0.717, 1.165) is 0 Å². The lowest BCUT2D eigenvalue weighted by Crippen LogP contribution is -2.44. The van der Waals surface area contributed by atoms with Crippen LogP contribution in [-0.2, 0) is 14.3 Å². The van der Waals surface area contributed by atoms with Gasteiger partial charge in [0.2, 0.25) is 5.91 Å². The second kappa shape index (κ2) is 5.88. The number of carboxylic acid groups (broad SMARTS) is 1. The summed E-state index contributed by atoms with van der Waals surface area (Å²) < 4.78 is 5.21. The average Bonchev–Trinajstić information content (AvgIpc) is 3.10. The Morgan fingerprint density at radius 3 is 2.47 bits per heavy atom. The van der Waals surface area contributed by atoms with Crippen LogP contribution in [0, 0.1) is 0 Å². The second-order valence-electron chi connectivity index (χ2n) is 5.52. The zero-order valence-electron chi connectivity index (χ0n) is 11.5. The van der Waals surface area contributed by atoms with Crippen molar-refractivity contribution in [3.63, 3.8) is 0 Å². The van der Waals surface area contributed by atoms with E-state index in [9.17, 15) is 9.59 Å². The van der Waals surface area contributed by atoms with Gasteiger partial charge in [0.15, 0.2) is 6.10 Å². The minimum atomic E-state index is -0.989. The van der Waals surface area contributed by atoms with Crippen molar-refractivity contribution in [1.82, 2.24) is 10.2 Å². The van der Waals surface area contributed by atoms with E-state index in [-0.39, 0.29) is 11.9 Å². The Balaban J connectivity index is 1.71. The molecule has 0 aromatic heterocycles. The summed E-state index contributed by atoms with van der Waals surface area (Å²) in [5.74, 6) is -1.18. The molecule has 0 bridgehead atoms. The van der Waals surface area contributed by atoms with Gasteiger partial charge in [-0.05, 0) is 39.7 Å². The smallest absolute Gasteiger partial charge is 0.332 e. The van der Waals surface area contributed by atoms with Gasteiger partial charge in [-0.25, -0.2) is 4.79 Å². The molecule has 0 radical (unpaired) electrons. The van der Waals surface area contributed by atoms with Gasteiger partial charge in [0.1, 0.15) is 6.10 Å². The number of rotatable bonds is 6. The minimum absolute atomic E-state index is 0.195. The molecule has 1 saturated carbocycles. The van der Waals surface area contributed by atoms with Gasteiger partial charge >= 0.3 is 5.97 Å². The molecule has 1 aliphatic heterocycles.